The van der Waals surface area contributed by atoms with Crippen LogP contribution in [0.3, 0.4) is 0 Å². The average molecular weight is 491 g/mol. The minimum absolute atomic E-state index is 0.0694. The summed E-state index contributed by atoms with van der Waals surface area (Å²) < 4.78 is 0. The topological polar surface area (TPSA) is 167 Å². The van der Waals surface area contributed by atoms with E-state index < -0.39 is 11.9 Å². The van der Waals surface area contributed by atoms with Crippen LogP contribution in [0.25, 0.3) is 11.3 Å². The zero-order valence-corrected chi connectivity index (χ0v) is 19.6. The van der Waals surface area contributed by atoms with Gasteiger partial charge in [-0.05, 0) is 19.3 Å². The number of benzene rings is 1. The molecule has 10 nitrogen and oxygen atoms in total. The molecule has 5 N–H and O–H groups in total. The Hall–Kier alpha value is -2.88. The Kier molecular flexibility index (Phi) is 11.6. The molecule has 1 saturated carbocycles. The fourth-order valence-electron chi connectivity index (χ4n) is 3.65. The number of aliphatic hydroxyl groups excluding tert-OH is 3. The van der Waals surface area contributed by atoms with Crippen molar-refractivity contribution in [2.75, 3.05) is 44.8 Å². The van der Waals surface area contributed by atoms with Crippen molar-refractivity contribution in [3.05, 3.63) is 35.2 Å². The maximum absolute atomic E-state index is 12.3. The van der Waals surface area contributed by atoms with Crippen LogP contribution in [-0.4, -0.2) is 81.6 Å². The molecule has 0 aliphatic heterocycles. The average Bonchev–Trinajstić information content (AvgIpc) is 3.48. The highest BCUT2D eigenvalue weighted by molar-refractivity contribution is 7.16. The van der Waals surface area contributed by atoms with E-state index in [9.17, 15) is 14.9 Å². The minimum atomic E-state index is -0.849. The van der Waals surface area contributed by atoms with Gasteiger partial charge in [-0.1, -0.05) is 41.7 Å². The summed E-state index contributed by atoms with van der Waals surface area (Å²) in [5, 5.41) is 46.9. The van der Waals surface area contributed by atoms with E-state index in [-0.39, 0.29) is 31.6 Å². The second kappa shape index (κ2) is 14.4. The van der Waals surface area contributed by atoms with E-state index in [0.717, 1.165) is 16.9 Å². The van der Waals surface area contributed by atoms with Crippen LogP contribution in [0.5, 0.6) is 0 Å². The summed E-state index contributed by atoms with van der Waals surface area (Å²) in [4.78, 5) is 29.9. The van der Waals surface area contributed by atoms with Gasteiger partial charge < -0.3 is 25.7 Å². The number of carboxylic acids is 1. The standard InChI is InChI=1S/C17H15N3O3S.C6H15NO3/c18-9-13-14(10-4-2-1-3-5-10)19-17(24-13)20-15(21)11-6-7-12(8-11)16(22)23;8-4-1-7(2-5-9)3-6-10/h1-5,11-12H,6-8H2,(H,22,23)(H,19,20,21);8-10H,1-6H2/t11-,12+;/m0./s1. The lowest BCUT2D eigenvalue weighted by atomic mass is 10.0. The predicted molar refractivity (Wildman–Crippen MR) is 127 cm³/mol. The molecule has 3 rings (SSSR count). The molecule has 2 aromatic rings. The number of hydrogen-bond acceptors (Lipinski definition) is 9. The van der Waals surface area contributed by atoms with Gasteiger partial charge in [0.15, 0.2) is 5.13 Å². The van der Waals surface area contributed by atoms with Crippen molar-refractivity contribution in [3.63, 3.8) is 0 Å². The Morgan fingerprint density at radius 3 is 2.15 bits per heavy atom. The predicted octanol–water partition coefficient (Wildman–Crippen LogP) is 1.39. The first-order chi connectivity index (χ1) is 16.4. The molecular formula is C23H30N4O6S. The summed E-state index contributed by atoms with van der Waals surface area (Å²) in [5.41, 5.74) is 1.37. The number of nitriles is 1. The Morgan fingerprint density at radius 2 is 1.65 bits per heavy atom. The first-order valence-electron chi connectivity index (χ1n) is 11.0. The molecule has 0 unspecified atom stereocenters. The quantitative estimate of drug-likeness (QED) is 0.330. The van der Waals surface area contributed by atoms with Gasteiger partial charge in [-0.15, -0.1) is 0 Å². The molecule has 0 saturated heterocycles. The Balaban J connectivity index is 0.000000347. The number of aromatic nitrogens is 1. The highest BCUT2D eigenvalue weighted by Crippen LogP contribution is 2.34. The highest BCUT2D eigenvalue weighted by atomic mass is 32.1. The zero-order chi connectivity index (χ0) is 24.9. The van der Waals surface area contributed by atoms with E-state index in [1.165, 1.54) is 0 Å². The number of nitrogens with zero attached hydrogens (tertiary/aromatic N) is 3. The molecule has 34 heavy (non-hydrogen) atoms. The fourth-order valence-corrected chi connectivity index (χ4v) is 4.44. The third kappa shape index (κ3) is 8.16. The van der Waals surface area contributed by atoms with Crippen LogP contribution in [0.15, 0.2) is 30.3 Å². The number of carboxylic acid groups (broad SMARTS) is 1. The van der Waals surface area contributed by atoms with Gasteiger partial charge in [-0.25, -0.2) is 4.98 Å². The van der Waals surface area contributed by atoms with Crippen molar-refractivity contribution in [2.24, 2.45) is 11.8 Å². The number of anilines is 1. The molecule has 1 heterocycles. The smallest absolute Gasteiger partial charge is 0.306 e. The largest absolute Gasteiger partial charge is 0.481 e. The van der Waals surface area contributed by atoms with Gasteiger partial charge in [0.05, 0.1) is 25.7 Å². The van der Waals surface area contributed by atoms with Crippen molar-refractivity contribution in [3.8, 4) is 17.3 Å². The molecule has 1 aromatic carbocycles. The van der Waals surface area contributed by atoms with Gasteiger partial charge in [0.2, 0.25) is 5.91 Å². The molecule has 1 amide bonds. The first kappa shape index (κ1) is 27.4. The van der Waals surface area contributed by atoms with E-state index in [4.69, 9.17) is 20.4 Å². The van der Waals surface area contributed by atoms with Crippen LogP contribution in [0.4, 0.5) is 5.13 Å². The lowest BCUT2D eigenvalue weighted by molar-refractivity contribution is -0.141. The number of amides is 1. The van der Waals surface area contributed by atoms with Crippen molar-refractivity contribution < 1.29 is 30.0 Å². The number of carbonyl (C=O) groups excluding carboxylic acids is 1. The van der Waals surface area contributed by atoms with Crippen molar-refractivity contribution in [2.45, 2.75) is 19.3 Å². The molecule has 1 aliphatic carbocycles. The third-order valence-corrected chi connectivity index (χ3v) is 6.28. The summed E-state index contributed by atoms with van der Waals surface area (Å²) in [6.07, 6.45) is 1.43. The number of thiazole rings is 1. The number of hydrogen-bond donors (Lipinski definition) is 5. The monoisotopic (exact) mass is 490 g/mol. The molecule has 0 bridgehead atoms. The number of rotatable bonds is 10. The summed E-state index contributed by atoms with van der Waals surface area (Å²) in [6, 6.07) is 11.4. The van der Waals surface area contributed by atoms with Crippen molar-refractivity contribution in [1.29, 1.82) is 5.26 Å². The highest BCUT2D eigenvalue weighted by Gasteiger charge is 2.34. The Bertz CT molecular complexity index is 948. The van der Waals surface area contributed by atoms with Crippen LogP contribution in [-0.2, 0) is 9.59 Å². The number of nitrogens with one attached hydrogen (secondary N) is 1. The van der Waals surface area contributed by atoms with Crippen LogP contribution in [0.1, 0.15) is 24.1 Å². The first-order valence-corrected chi connectivity index (χ1v) is 11.8. The second-order valence-electron chi connectivity index (χ2n) is 7.72. The SMILES string of the molecule is N#Cc1sc(NC(=O)[C@H]2CC[C@@H](C(=O)O)C2)nc1-c1ccccc1.OCCN(CCO)CCO. The lowest BCUT2D eigenvalue weighted by Crippen LogP contribution is -2.32. The Labute approximate surface area is 202 Å². The van der Waals surface area contributed by atoms with Crippen LogP contribution in [0, 0.1) is 23.2 Å². The van der Waals surface area contributed by atoms with E-state index in [1.54, 1.807) is 4.90 Å². The van der Waals surface area contributed by atoms with Gasteiger partial charge in [0, 0.05) is 31.1 Å². The number of aliphatic hydroxyl groups is 3. The van der Waals surface area contributed by atoms with Gasteiger partial charge in [0.25, 0.3) is 0 Å². The van der Waals surface area contributed by atoms with Crippen molar-refractivity contribution >= 4 is 28.3 Å². The van der Waals surface area contributed by atoms with Crippen LogP contribution >= 0.6 is 11.3 Å². The second-order valence-corrected chi connectivity index (χ2v) is 8.72. The molecule has 1 aromatic heterocycles. The summed E-state index contributed by atoms with van der Waals surface area (Å²) in [7, 11) is 0. The van der Waals surface area contributed by atoms with Crippen molar-refractivity contribution in [1.82, 2.24) is 9.88 Å². The minimum Gasteiger partial charge on any atom is -0.481 e. The van der Waals surface area contributed by atoms with Gasteiger partial charge >= 0.3 is 5.97 Å². The zero-order valence-electron chi connectivity index (χ0n) is 18.8. The molecule has 11 heteroatoms. The number of aliphatic carboxylic acids is 1. The molecule has 1 fully saturated rings. The van der Waals surface area contributed by atoms with Gasteiger partial charge in [-0.3, -0.25) is 14.5 Å². The molecular weight excluding hydrogens is 460 g/mol. The van der Waals surface area contributed by atoms with Crippen LogP contribution in [0.2, 0.25) is 0 Å². The third-order valence-electron chi connectivity index (χ3n) is 5.41. The maximum atomic E-state index is 12.3. The summed E-state index contributed by atoms with van der Waals surface area (Å²) in [5.74, 6) is -1.85. The van der Waals surface area contributed by atoms with E-state index >= 15 is 0 Å². The maximum Gasteiger partial charge on any atom is 0.306 e. The van der Waals surface area contributed by atoms with Crippen LogP contribution < -0.4 is 5.32 Å². The normalized spacial score (nSPS) is 17.0. The lowest BCUT2D eigenvalue weighted by Gasteiger charge is -2.17. The van der Waals surface area contributed by atoms with Gasteiger partial charge in [0.1, 0.15) is 16.6 Å². The van der Waals surface area contributed by atoms with E-state index in [1.807, 2.05) is 30.3 Å². The molecule has 1 aliphatic rings. The molecule has 2 atom stereocenters. The fraction of sp³-hybridized carbons (Fsp3) is 0.478. The van der Waals surface area contributed by atoms with E-state index in [0.29, 0.717) is 54.6 Å². The summed E-state index contributed by atoms with van der Waals surface area (Å²) >= 11 is 1.13. The summed E-state index contributed by atoms with van der Waals surface area (Å²) in [6.45, 7) is 1.75. The van der Waals surface area contributed by atoms with Gasteiger partial charge in [-0.2, -0.15) is 5.26 Å². The Morgan fingerprint density at radius 1 is 1.06 bits per heavy atom. The molecule has 0 spiro atoms. The number of carbonyl (C=O) groups is 2. The molecule has 0 radical (unpaired) electrons. The van der Waals surface area contributed by atoms with E-state index in [2.05, 4.69) is 16.4 Å². The molecule has 184 valence electrons.